The van der Waals surface area contributed by atoms with Crippen LogP contribution in [0.2, 0.25) is 0 Å². The second-order valence-electron chi connectivity index (χ2n) is 5.85. The van der Waals surface area contributed by atoms with Crippen molar-refractivity contribution >= 4 is 5.91 Å². The summed E-state index contributed by atoms with van der Waals surface area (Å²) in [6.45, 7) is -0.875. The number of aryl methyl sites for hydroxylation is 1. The minimum atomic E-state index is -4.42. The fourth-order valence-electron chi connectivity index (χ4n) is 2.38. The maximum Gasteiger partial charge on any atom is 0.422 e. The fraction of sp³-hybridized carbons (Fsp3) is 0.368. The summed E-state index contributed by atoms with van der Waals surface area (Å²) in [7, 11) is 1.35. The molecule has 1 heterocycles. The lowest BCUT2D eigenvalue weighted by molar-refractivity contribution is -0.153. The minimum absolute atomic E-state index is 0.0134. The summed E-state index contributed by atoms with van der Waals surface area (Å²) in [5, 5.41) is 2.83. The average molecular weight is 382 g/mol. The van der Waals surface area contributed by atoms with Gasteiger partial charge in [0.25, 0.3) is 0 Å². The van der Waals surface area contributed by atoms with E-state index in [1.807, 2.05) is 12.1 Å². The molecule has 0 fully saturated rings. The molecule has 0 aliphatic rings. The molecule has 0 saturated carbocycles. The zero-order valence-corrected chi connectivity index (χ0v) is 14.9. The number of amides is 1. The molecule has 5 nitrogen and oxygen atoms in total. The van der Waals surface area contributed by atoms with E-state index in [4.69, 9.17) is 9.47 Å². The second kappa shape index (κ2) is 9.80. The van der Waals surface area contributed by atoms with Crippen molar-refractivity contribution < 1.29 is 27.4 Å². The number of nitrogens with zero attached hydrogens (tertiary/aromatic N) is 1. The molecule has 2 rings (SSSR count). The van der Waals surface area contributed by atoms with Crippen LogP contribution < -0.4 is 14.8 Å². The van der Waals surface area contributed by atoms with Crippen LogP contribution in [0.5, 0.6) is 11.5 Å². The van der Waals surface area contributed by atoms with Crippen LogP contribution in [0.15, 0.2) is 42.7 Å². The van der Waals surface area contributed by atoms with Crippen molar-refractivity contribution in [3.8, 4) is 11.5 Å². The Morgan fingerprint density at radius 1 is 1.15 bits per heavy atom. The maximum atomic E-state index is 12.3. The third kappa shape index (κ3) is 7.55. The first kappa shape index (κ1) is 20.5. The molecular weight excluding hydrogens is 361 g/mol. The Hall–Kier alpha value is -2.77. The van der Waals surface area contributed by atoms with Crippen molar-refractivity contribution in [1.82, 2.24) is 10.3 Å². The highest BCUT2D eigenvalue weighted by atomic mass is 19.4. The number of hydrogen-bond donors (Lipinski definition) is 1. The monoisotopic (exact) mass is 382 g/mol. The third-order valence-electron chi connectivity index (χ3n) is 3.72. The van der Waals surface area contributed by atoms with Gasteiger partial charge in [0.05, 0.1) is 7.11 Å². The topological polar surface area (TPSA) is 60.5 Å². The van der Waals surface area contributed by atoms with E-state index < -0.39 is 12.8 Å². The summed E-state index contributed by atoms with van der Waals surface area (Å²) in [4.78, 5) is 15.9. The summed E-state index contributed by atoms with van der Waals surface area (Å²) in [6, 6.07) is 8.40. The Morgan fingerprint density at radius 2 is 1.96 bits per heavy atom. The Labute approximate surface area is 155 Å². The lowest BCUT2D eigenvalue weighted by atomic mass is 10.1. The zero-order chi connectivity index (χ0) is 19.7. The van der Waals surface area contributed by atoms with Crippen molar-refractivity contribution in [1.29, 1.82) is 0 Å². The molecule has 0 aliphatic heterocycles. The highest BCUT2D eigenvalue weighted by Crippen LogP contribution is 2.30. The molecule has 1 aromatic carbocycles. The first-order chi connectivity index (χ1) is 12.9. The quantitative estimate of drug-likeness (QED) is 0.723. The standard InChI is InChI=1S/C19H21F3N2O3/c1-26-17-11-14(4-6-16(17)27-13-19(20,21)22)5-7-18(25)24-10-8-15-3-2-9-23-12-15/h2-4,6,9,11-12H,5,7-8,10,13H2,1H3,(H,24,25). The van der Waals surface area contributed by atoms with Crippen molar-refractivity contribution in [2.75, 3.05) is 20.3 Å². The number of benzene rings is 1. The number of hydrogen-bond acceptors (Lipinski definition) is 4. The van der Waals surface area contributed by atoms with Crippen LogP contribution in [-0.2, 0) is 17.6 Å². The Balaban J connectivity index is 1.79. The van der Waals surface area contributed by atoms with E-state index in [2.05, 4.69) is 10.3 Å². The predicted octanol–water partition coefficient (Wildman–Crippen LogP) is 3.32. The number of aromatic nitrogens is 1. The van der Waals surface area contributed by atoms with Gasteiger partial charge in [0.2, 0.25) is 5.91 Å². The van der Waals surface area contributed by atoms with Crippen LogP contribution in [0.25, 0.3) is 0 Å². The second-order valence-corrected chi connectivity index (χ2v) is 5.85. The van der Waals surface area contributed by atoms with Gasteiger partial charge in [-0.15, -0.1) is 0 Å². The number of alkyl halides is 3. The number of nitrogens with one attached hydrogen (secondary N) is 1. The molecule has 146 valence electrons. The highest BCUT2D eigenvalue weighted by molar-refractivity contribution is 5.76. The van der Waals surface area contributed by atoms with E-state index >= 15 is 0 Å². The molecule has 8 heteroatoms. The largest absolute Gasteiger partial charge is 0.493 e. The van der Waals surface area contributed by atoms with E-state index in [0.29, 0.717) is 19.4 Å². The van der Waals surface area contributed by atoms with Crippen LogP contribution >= 0.6 is 0 Å². The number of carbonyl (C=O) groups excluding carboxylic acids is 1. The van der Waals surface area contributed by atoms with Crippen LogP contribution in [0, 0.1) is 0 Å². The van der Waals surface area contributed by atoms with Gasteiger partial charge >= 0.3 is 6.18 Å². The number of pyridine rings is 1. The summed E-state index contributed by atoms with van der Waals surface area (Å²) < 4.78 is 46.6. The van der Waals surface area contributed by atoms with E-state index in [1.165, 1.54) is 13.2 Å². The maximum absolute atomic E-state index is 12.3. The highest BCUT2D eigenvalue weighted by Gasteiger charge is 2.29. The minimum Gasteiger partial charge on any atom is -0.493 e. The summed E-state index contributed by atoms with van der Waals surface area (Å²) in [5.41, 5.74) is 1.81. The first-order valence-electron chi connectivity index (χ1n) is 8.39. The predicted molar refractivity (Wildman–Crippen MR) is 93.8 cm³/mol. The van der Waals surface area contributed by atoms with E-state index in [1.54, 1.807) is 24.5 Å². The summed E-state index contributed by atoms with van der Waals surface area (Å²) >= 11 is 0. The number of methoxy groups -OCH3 is 1. The van der Waals surface area contributed by atoms with Gasteiger partial charge in [0.1, 0.15) is 0 Å². The van der Waals surface area contributed by atoms with Gasteiger partial charge < -0.3 is 14.8 Å². The number of rotatable bonds is 9. The van der Waals surface area contributed by atoms with Crippen molar-refractivity contribution in [3.63, 3.8) is 0 Å². The Bertz CT molecular complexity index is 737. The van der Waals surface area contributed by atoms with Crippen LogP contribution in [0.3, 0.4) is 0 Å². The average Bonchev–Trinajstić information content (AvgIpc) is 2.65. The van der Waals surface area contributed by atoms with Gasteiger partial charge in [-0.2, -0.15) is 13.2 Å². The molecule has 1 amide bonds. The van der Waals surface area contributed by atoms with Crippen LogP contribution in [0.4, 0.5) is 13.2 Å². The number of halogens is 3. The van der Waals surface area contributed by atoms with Gasteiger partial charge in [0.15, 0.2) is 18.1 Å². The van der Waals surface area contributed by atoms with E-state index in [-0.39, 0.29) is 23.8 Å². The zero-order valence-electron chi connectivity index (χ0n) is 14.9. The fourth-order valence-corrected chi connectivity index (χ4v) is 2.38. The molecule has 0 atom stereocenters. The van der Waals surface area contributed by atoms with Crippen molar-refractivity contribution in [2.24, 2.45) is 0 Å². The van der Waals surface area contributed by atoms with E-state index in [9.17, 15) is 18.0 Å². The molecule has 27 heavy (non-hydrogen) atoms. The molecule has 0 unspecified atom stereocenters. The summed E-state index contributed by atoms with van der Waals surface area (Å²) in [6.07, 6.45) is 0.417. The molecular formula is C19H21F3N2O3. The van der Waals surface area contributed by atoms with Crippen LogP contribution in [0.1, 0.15) is 17.5 Å². The molecule has 0 bridgehead atoms. The molecule has 1 N–H and O–H groups in total. The van der Waals surface area contributed by atoms with Gasteiger partial charge in [-0.3, -0.25) is 9.78 Å². The first-order valence-corrected chi connectivity index (χ1v) is 8.39. The number of ether oxygens (including phenoxy) is 2. The number of carbonyl (C=O) groups is 1. The van der Waals surface area contributed by atoms with Crippen LogP contribution in [-0.4, -0.2) is 37.3 Å². The molecule has 0 radical (unpaired) electrons. The molecule has 0 saturated heterocycles. The van der Waals surface area contributed by atoms with Gasteiger partial charge in [-0.1, -0.05) is 12.1 Å². The lowest BCUT2D eigenvalue weighted by Crippen LogP contribution is -2.25. The molecule has 2 aromatic rings. The third-order valence-corrected chi connectivity index (χ3v) is 3.72. The lowest BCUT2D eigenvalue weighted by Gasteiger charge is -2.13. The smallest absolute Gasteiger partial charge is 0.422 e. The van der Waals surface area contributed by atoms with Gasteiger partial charge in [-0.25, -0.2) is 0 Å². The summed E-state index contributed by atoms with van der Waals surface area (Å²) in [5.74, 6) is 0.114. The van der Waals surface area contributed by atoms with Gasteiger partial charge in [0, 0.05) is 25.4 Å². The van der Waals surface area contributed by atoms with Crippen molar-refractivity contribution in [3.05, 3.63) is 53.9 Å². The van der Waals surface area contributed by atoms with E-state index in [0.717, 1.165) is 11.1 Å². The SMILES string of the molecule is COc1cc(CCC(=O)NCCc2cccnc2)ccc1OCC(F)(F)F. The molecule has 0 aliphatic carbocycles. The Morgan fingerprint density at radius 3 is 2.63 bits per heavy atom. The normalized spacial score (nSPS) is 11.1. The Kier molecular flexibility index (Phi) is 7.45. The molecule has 1 aromatic heterocycles. The molecule has 0 spiro atoms. The van der Waals surface area contributed by atoms with Crippen molar-refractivity contribution in [2.45, 2.75) is 25.4 Å². The van der Waals surface area contributed by atoms with Gasteiger partial charge in [-0.05, 0) is 42.2 Å².